The number of nitrogens with one attached hydrogen (secondary N) is 3. The lowest BCUT2D eigenvalue weighted by Gasteiger charge is -2.36. The number of rotatable bonds is 8. The molecule has 40 heavy (non-hydrogen) atoms. The first kappa shape index (κ1) is 31.8. The van der Waals surface area contributed by atoms with Crippen LogP contribution in [0.4, 0.5) is 17.6 Å². The van der Waals surface area contributed by atoms with Crippen LogP contribution in [-0.2, 0) is 29.0 Å². The molecule has 2 aliphatic heterocycles. The first-order valence-corrected chi connectivity index (χ1v) is 15.0. The number of nitrogens with zero attached hydrogens (tertiary/aromatic N) is 1. The largest absolute Gasteiger partial charge is 0.471 e. The van der Waals surface area contributed by atoms with Crippen LogP contribution in [0.5, 0.6) is 0 Å². The molecule has 0 aromatic rings. The van der Waals surface area contributed by atoms with Crippen LogP contribution in [0.2, 0.25) is 0 Å². The van der Waals surface area contributed by atoms with Gasteiger partial charge in [-0.2, -0.15) is 17.6 Å². The van der Waals surface area contributed by atoms with Crippen molar-refractivity contribution < 1.29 is 45.2 Å². The summed E-state index contributed by atoms with van der Waals surface area (Å²) in [5, 5.41) is 5.50. The minimum Gasteiger partial charge on any atom is -0.356 e. The van der Waals surface area contributed by atoms with Crippen LogP contribution in [0.1, 0.15) is 52.9 Å². The third kappa shape index (κ3) is 7.32. The number of carbonyl (C=O) groups excluding carboxylic acids is 4. The van der Waals surface area contributed by atoms with Crippen molar-refractivity contribution in [2.45, 2.75) is 77.2 Å². The average Bonchev–Trinajstić information content (AvgIpc) is 3.50. The summed E-state index contributed by atoms with van der Waals surface area (Å²) in [6, 6.07) is -3.95. The summed E-state index contributed by atoms with van der Waals surface area (Å²) in [6.07, 6.45) is -1.55. The molecule has 0 radical (unpaired) electrons. The molecule has 0 bridgehead atoms. The van der Waals surface area contributed by atoms with E-state index in [1.165, 1.54) is 25.7 Å². The number of hydrogen-bond donors (Lipinski definition) is 3. The number of likely N-dealkylation sites (tertiary alicyclic amines) is 1. The van der Waals surface area contributed by atoms with Gasteiger partial charge in [-0.05, 0) is 49.0 Å². The van der Waals surface area contributed by atoms with Crippen LogP contribution < -0.4 is 16.0 Å². The van der Waals surface area contributed by atoms with Crippen molar-refractivity contribution in [3.63, 3.8) is 0 Å². The topological polar surface area (TPSA) is 142 Å². The van der Waals surface area contributed by atoms with E-state index >= 15 is 0 Å². The van der Waals surface area contributed by atoms with Crippen LogP contribution >= 0.6 is 0 Å². The van der Waals surface area contributed by atoms with Gasteiger partial charge in [-0.15, -0.1) is 0 Å². The Morgan fingerprint density at radius 2 is 1.77 bits per heavy atom. The molecule has 3 rings (SSSR count). The van der Waals surface area contributed by atoms with Crippen molar-refractivity contribution in [2.75, 3.05) is 19.3 Å². The van der Waals surface area contributed by atoms with Crippen molar-refractivity contribution >= 4 is 33.5 Å². The predicted molar refractivity (Wildman–Crippen MR) is 135 cm³/mol. The van der Waals surface area contributed by atoms with Crippen LogP contribution in [0.15, 0.2) is 11.2 Å². The van der Waals surface area contributed by atoms with E-state index in [9.17, 15) is 45.2 Å². The van der Waals surface area contributed by atoms with Gasteiger partial charge in [0.1, 0.15) is 12.1 Å². The van der Waals surface area contributed by atoms with Crippen molar-refractivity contribution in [2.24, 2.45) is 23.2 Å². The fourth-order valence-corrected chi connectivity index (χ4v) is 6.20. The smallest absolute Gasteiger partial charge is 0.356 e. The molecule has 0 spiro atoms. The lowest BCUT2D eigenvalue weighted by atomic mass is 9.85. The number of fused-ring (bicyclic) bond motifs is 1. The highest BCUT2D eigenvalue weighted by molar-refractivity contribution is 7.94. The molecule has 15 heteroatoms. The number of hydrogen-bond acceptors (Lipinski definition) is 6. The van der Waals surface area contributed by atoms with Gasteiger partial charge in [0.15, 0.2) is 0 Å². The molecule has 1 saturated carbocycles. The third-order valence-electron chi connectivity index (χ3n) is 7.80. The van der Waals surface area contributed by atoms with E-state index in [1.807, 2.05) is 0 Å². The summed E-state index contributed by atoms with van der Waals surface area (Å²) in [4.78, 5) is 52.4. The molecule has 2 heterocycles. The molecule has 0 unspecified atom stereocenters. The summed E-state index contributed by atoms with van der Waals surface area (Å²) in [5.41, 5.74) is -1.14. The maximum absolute atomic E-state index is 14.5. The number of alkyl halides is 3. The van der Waals surface area contributed by atoms with Gasteiger partial charge in [-0.25, -0.2) is 8.42 Å². The zero-order chi connectivity index (χ0) is 30.2. The second-order valence-corrected chi connectivity index (χ2v) is 13.9. The van der Waals surface area contributed by atoms with Gasteiger partial charge in [0.25, 0.3) is 0 Å². The van der Waals surface area contributed by atoms with Crippen LogP contribution in [0.25, 0.3) is 0 Å². The van der Waals surface area contributed by atoms with Crippen LogP contribution in [-0.4, -0.2) is 80.6 Å². The van der Waals surface area contributed by atoms with Crippen molar-refractivity contribution in [1.82, 2.24) is 20.9 Å². The lowest BCUT2D eigenvalue weighted by Crippen LogP contribution is -2.60. The molecule has 0 aromatic heterocycles. The molecule has 3 fully saturated rings. The van der Waals surface area contributed by atoms with Crippen molar-refractivity contribution in [1.29, 1.82) is 0 Å². The van der Waals surface area contributed by atoms with E-state index in [0.29, 0.717) is 38.1 Å². The normalized spacial score (nSPS) is 27.1. The van der Waals surface area contributed by atoms with E-state index in [4.69, 9.17) is 0 Å². The van der Waals surface area contributed by atoms with E-state index in [1.54, 1.807) is 5.32 Å². The highest BCUT2D eigenvalue weighted by Crippen LogP contribution is 2.43. The Morgan fingerprint density at radius 1 is 1.12 bits per heavy atom. The Morgan fingerprint density at radius 3 is 2.30 bits per heavy atom. The van der Waals surface area contributed by atoms with Crippen LogP contribution in [0, 0.1) is 23.2 Å². The molecular weight excluding hydrogens is 560 g/mol. The summed E-state index contributed by atoms with van der Waals surface area (Å²) in [7, 11) is -4.24. The monoisotopic (exact) mass is 596 g/mol. The summed E-state index contributed by atoms with van der Waals surface area (Å²) < 4.78 is 77.1. The zero-order valence-electron chi connectivity index (χ0n) is 22.8. The minimum absolute atomic E-state index is 0.0826. The Labute approximate surface area is 230 Å². The van der Waals surface area contributed by atoms with Crippen LogP contribution in [0.3, 0.4) is 0 Å². The molecular formula is C25H36F4N4O6S. The molecule has 10 nitrogen and oxygen atoms in total. The highest BCUT2D eigenvalue weighted by atomic mass is 32.2. The van der Waals surface area contributed by atoms with Crippen molar-refractivity contribution in [3.8, 4) is 0 Å². The van der Waals surface area contributed by atoms with Gasteiger partial charge < -0.3 is 20.9 Å². The quantitative estimate of drug-likeness (QED) is 0.364. The van der Waals surface area contributed by atoms with Gasteiger partial charge in [-0.1, -0.05) is 27.2 Å². The fraction of sp³-hybridized carbons (Fsp3) is 0.760. The highest BCUT2D eigenvalue weighted by Gasteiger charge is 2.53. The Hall–Kier alpha value is -2.71. The SMILES string of the molecule is CC(C)(C)[C@@H](NC(=O)C(F)(F)F)C(=O)N1C[C@@H]2CCC[C@@H]2[C@@H]1C(=O)N[C@H](/C=C(/F)S(C)(=O)=O)C[C@H]1CCNC1=O. The zero-order valence-corrected chi connectivity index (χ0v) is 23.6. The predicted octanol–water partition coefficient (Wildman–Crippen LogP) is 1.57. The Bertz CT molecular complexity index is 1170. The molecule has 0 aromatic carbocycles. The van der Waals surface area contributed by atoms with E-state index in [-0.39, 0.29) is 30.7 Å². The van der Waals surface area contributed by atoms with E-state index < -0.39 is 68.4 Å². The van der Waals surface area contributed by atoms with Gasteiger partial charge >= 0.3 is 12.1 Å². The second kappa shape index (κ2) is 11.6. The number of sulfone groups is 1. The molecule has 3 N–H and O–H groups in total. The van der Waals surface area contributed by atoms with Gasteiger partial charge in [0.2, 0.25) is 32.7 Å². The Kier molecular flexibility index (Phi) is 9.26. The number of amides is 4. The first-order valence-electron chi connectivity index (χ1n) is 13.1. The molecule has 226 valence electrons. The van der Waals surface area contributed by atoms with E-state index in [2.05, 4.69) is 10.6 Å². The second-order valence-electron chi connectivity index (χ2n) is 11.9. The molecule has 4 amide bonds. The van der Waals surface area contributed by atoms with Gasteiger partial charge in [0, 0.05) is 25.3 Å². The number of halogens is 4. The molecule has 1 aliphatic carbocycles. The number of carbonyl (C=O) groups is 4. The van der Waals surface area contributed by atoms with Gasteiger partial charge in [0.05, 0.1) is 6.04 Å². The average molecular weight is 597 g/mol. The summed E-state index contributed by atoms with van der Waals surface area (Å²) in [5.74, 6) is -5.25. The maximum atomic E-state index is 14.5. The minimum atomic E-state index is -5.22. The lowest BCUT2D eigenvalue weighted by molar-refractivity contribution is -0.176. The summed E-state index contributed by atoms with van der Waals surface area (Å²) >= 11 is 0. The molecule has 6 atom stereocenters. The summed E-state index contributed by atoms with van der Waals surface area (Å²) in [6.45, 7) is 4.91. The molecule has 3 aliphatic rings. The van der Waals surface area contributed by atoms with Gasteiger partial charge in [-0.3, -0.25) is 19.2 Å². The Balaban J connectivity index is 1.91. The maximum Gasteiger partial charge on any atom is 0.471 e. The van der Waals surface area contributed by atoms with E-state index in [0.717, 1.165) is 6.42 Å². The standard InChI is InChI=1S/C25H36F4N4O6S/c1-24(2,3)19(32-23(37)25(27,28)29)22(36)33-12-14-6-5-7-16(14)18(33)21(35)31-15(11-17(26)40(4,38)39)10-13-8-9-30-20(13)34/h11,13-16,18-19H,5-10,12H2,1-4H3,(H,30,34)(H,31,35)(H,32,37)/b17-11-/t13-,14+,15+,16+,18-,19+/m1/s1. The molecule has 2 saturated heterocycles. The van der Waals surface area contributed by atoms with Crippen molar-refractivity contribution in [3.05, 3.63) is 11.2 Å². The third-order valence-corrected chi connectivity index (χ3v) is 8.65. The first-order chi connectivity index (χ1) is 18.3. The fourth-order valence-electron chi connectivity index (χ4n) is 5.79.